The zero-order valence-corrected chi connectivity index (χ0v) is 13.6. The molecule has 1 N–H and O–H groups in total. The highest BCUT2D eigenvalue weighted by Gasteiger charge is 2.37. The summed E-state index contributed by atoms with van der Waals surface area (Å²) in [6, 6.07) is 5.98. The number of halogens is 1. The Morgan fingerprint density at radius 1 is 1.50 bits per heavy atom. The minimum Gasteiger partial charge on any atom is -0.380 e. The van der Waals surface area contributed by atoms with E-state index in [0.29, 0.717) is 29.9 Å². The van der Waals surface area contributed by atoms with Crippen molar-refractivity contribution < 1.29 is 13.9 Å². The Morgan fingerprint density at radius 2 is 2.33 bits per heavy atom. The molecule has 7 heteroatoms. The minimum absolute atomic E-state index is 0.0491. The molecule has 0 radical (unpaired) electrons. The van der Waals surface area contributed by atoms with E-state index in [4.69, 9.17) is 4.74 Å². The van der Waals surface area contributed by atoms with Gasteiger partial charge in [0.15, 0.2) is 0 Å². The summed E-state index contributed by atoms with van der Waals surface area (Å²) in [6.45, 7) is 2.27. The van der Waals surface area contributed by atoms with Gasteiger partial charge in [0, 0.05) is 26.2 Å². The summed E-state index contributed by atoms with van der Waals surface area (Å²) in [6.07, 6.45) is 3.55. The van der Waals surface area contributed by atoms with Crippen LogP contribution in [0.5, 0.6) is 0 Å². The summed E-state index contributed by atoms with van der Waals surface area (Å²) in [5, 5.41) is 6.68. The number of carbonyl (C=O) groups is 1. The fourth-order valence-corrected chi connectivity index (χ4v) is 2.93. The molecule has 1 saturated heterocycles. The molecule has 3 rings (SSSR count). The van der Waals surface area contributed by atoms with Crippen LogP contribution in [0.1, 0.15) is 30.8 Å². The second-order valence-corrected chi connectivity index (χ2v) is 5.81. The van der Waals surface area contributed by atoms with Crippen LogP contribution in [0.3, 0.4) is 0 Å². The van der Waals surface area contributed by atoms with Crippen molar-refractivity contribution in [3.8, 4) is 0 Å². The lowest BCUT2D eigenvalue weighted by Crippen LogP contribution is -2.31. The Labute approximate surface area is 139 Å². The van der Waals surface area contributed by atoms with Crippen LogP contribution in [0.25, 0.3) is 5.57 Å². The SMILES string of the molecule is CO[C@@H]1C[C@@H](c2ncn[nH]2)N(C(=O)/C=C(\C)c2cccc(F)c2)C1. The summed E-state index contributed by atoms with van der Waals surface area (Å²) >= 11 is 0. The Bertz CT molecular complexity index is 745. The number of nitrogens with one attached hydrogen (secondary N) is 1. The molecule has 0 unspecified atom stereocenters. The van der Waals surface area contributed by atoms with E-state index in [1.165, 1.54) is 24.5 Å². The van der Waals surface area contributed by atoms with Crippen LogP contribution in [0.2, 0.25) is 0 Å². The molecule has 2 atom stereocenters. The number of aromatic nitrogens is 3. The number of likely N-dealkylation sites (tertiary alicyclic amines) is 1. The Kier molecular flexibility index (Phi) is 4.71. The maximum atomic E-state index is 13.4. The number of amides is 1. The van der Waals surface area contributed by atoms with Crippen LogP contribution in [0.15, 0.2) is 36.7 Å². The maximum absolute atomic E-state index is 13.4. The highest BCUT2D eigenvalue weighted by Crippen LogP contribution is 2.31. The fraction of sp³-hybridized carbons (Fsp3) is 0.353. The molecule has 1 fully saturated rings. The summed E-state index contributed by atoms with van der Waals surface area (Å²) in [5.74, 6) is 0.158. The first-order chi connectivity index (χ1) is 11.6. The number of allylic oxidation sites excluding steroid dienone is 1. The monoisotopic (exact) mass is 330 g/mol. The molecule has 1 aliphatic rings. The summed E-state index contributed by atoms with van der Waals surface area (Å²) in [4.78, 5) is 18.6. The van der Waals surface area contributed by atoms with Gasteiger partial charge in [0.25, 0.3) is 0 Å². The Hall–Kier alpha value is -2.54. The second kappa shape index (κ2) is 6.92. The van der Waals surface area contributed by atoms with Gasteiger partial charge in [0.05, 0.1) is 12.1 Å². The molecule has 6 nitrogen and oxygen atoms in total. The molecule has 24 heavy (non-hydrogen) atoms. The fourth-order valence-electron chi connectivity index (χ4n) is 2.93. The van der Waals surface area contributed by atoms with Gasteiger partial charge >= 0.3 is 0 Å². The van der Waals surface area contributed by atoms with Crippen molar-refractivity contribution in [2.75, 3.05) is 13.7 Å². The molecule has 1 amide bonds. The van der Waals surface area contributed by atoms with E-state index in [-0.39, 0.29) is 23.9 Å². The van der Waals surface area contributed by atoms with Gasteiger partial charge in [-0.1, -0.05) is 12.1 Å². The first kappa shape index (κ1) is 16.3. The summed E-state index contributed by atoms with van der Waals surface area (Å²) in [7, 11) is 1.63. The molecule has 0 aliphatic carbocycles. The van der Waals surface area contributed by atoms with Crippen molar-refractivity contribution in [2.45, 2.75) is 25.5 Å². The van der Waals surface area contributed by atoms with E-state index >= 15 is 0 Å². The van der Waals surface area contributed by atoms with Crippen molar-refractivity contribution in [1.82, 2.24) is 20.1 Å². The molecule has 0 saturated carbocycles. The third-order valence-corrected chi connectivity index (χ3v) is 4.25. The highest BCUT2D eigenvalue weighted by molar-refractivity contribution is 5.95. The molecule has 126 valence electrons. The second-order valence-electron chi connectivity index (χ2n) is 5.81. The number of benzene rings is 1. The van der Waals surface area contributed by atoms with Gasteiger partial charge in [-0.05, 0) is 30.2 Å². The Balaban J connectivity index is 1.83. The molecule has 2 aromatic rings. The van der Waals surface area contributed by atoms with Gasteiger partial charge < -0.3 is 9.64 Å². The van der Waals surface area contributed by atoms with Gasteiger partial charge in [-0.3, -0.25) is 9.89 Å². The molecular formula is C17H19FN4O2. The number of nitrogens with zero attached hydrogens (tertiary/aromatic N) is 3. The van der Waals surface area contributed by atoms with E-state index in [2.05, 4.69) is 15.2 Å². The normalized spacial score (nSPS) is 21.3. The standard InChI is InChI=1S/C17H19FN4O2/c1-11(12-4-3-5-13(18)7-12)6-16(23)22-9-14(24-2)8-15(22)17-19-10-20-21-17/h3-7,10,14-15H,8-9H2,1-2H3,(H,19,20,21)/b11-6+/t14-,15+/m1/s1. The maximum Gasteiger partial charge on any atom is 0.247 e. The number of rotatable bonds is 4. The first-order valence-electron chi connectivity index (χ1n) is 7.71. The van der Waals surface area contributed by atoms with Crippen LogP contribution in [-0.4, -0.2) is 45.7 Å². The summed E-state index contributed by atoms with van der Waals surface area (Å²) < 4.78 is 18.8. The van der Waals surface area contributed by atoms with Gasteiger partial charge in [0.1, 0.15) is 18.0 Å². The van der Waals surface area contributed by atoms with Gasteiger partial charge in [-0.25, -0.2) is 9.37 Å². The van der Waals surface area contributed by atoms with Crippen molar-refractivity contribution in [1.29, 1.82) is 0 Å². The molecule has 0 bridgehead atoms. The highest BCUT2D eigenvalue weighted by atomic mass is 19.1. The predicted octanol–water partition coefficient (Wildman–Crippen LogP) is 2.34. The van der Waals surface area contributed by atoms with Crippen molar-refractivity contribution in [3.05, 3.63) is 53.9 Å². The van der Waals surface area contributed by atoms with Crippen LogP contribution >= 0.6 is 0 Å². The molecular weight excluding hydrogens is 311 g/mol. The average Bonchev–Trinajstić information content (AvgIpc) is 3.23. The van der Waals surface area contributed by atoms with E-state index < -0.39 is 0 Å². The predicted molar refractivity (Wildman–Crippen MR) is 86.3 cm³/mol. The third kappa shape index (κ3) is 3.35. The van der Waals surface area contributed by atoms with E-state index in [1.54, 1.807) is 31.1 Å². The smallest absolute Gasteiger partial charge is 0.247 e. The lowest BCUT2D eigenvalue weighted by molar-refractivity contribution is -0.127. The lowest BCUT2D eigenvalue weighted by Gasteiger charge is -2.21. The van der Waals surface area contributed by atoms with Crippen LogP contribution < -0.4 is 0 Å². The average molecular weight is 330 g/mol. The number of hydrogen-bond donors (Lipinski definition) is 1. The molecule has 0 spiro atoms. The van der Waals surface area contributed by atoms with Gasteiger partial charge in [-0.15, -0.1) is 0 Å². The number of carbonyl (C=O) groups excluding carboxylic acids is 1. The van der Waals surface area contributed by atoms with Crippen LogP contribution in [0, 0.1) is 5.82 Å². The third-order valence-electron chi connectivity index (χ3n) is 4.25. The van der Waals surface area contributed by atoms with Crippen LogP contribution in [0.4, 0.5) is 4.39 Å². The first-order valence-corrected chi connectivity index (χ1v) is 7.71. The van der Waals surface area contributed by atoms with E-state index in [1.807, 2.05) is 0 Å². The van der Waals surface area contributed by atoms with Crippen molar-refractivity contribution >= 4 is 11.5 Å². The zero-order valence-electron chi connectivity index (χ0n) is 13.6. The molecule has 1 aromatic carbocycles. The van der Waals surface area contributed by atoms with E-state index in [0.717, 1.165) is 0 Å². The van der Waals surface area contributed by atoms with Crippen molar-refractivity contribution in [2.24, 2.45) is 0 Å². The molecule has 1 aliphatic heterocycles. The van der Waals surface area contributed by atoms with Gasteiger partial charge in [-0.2, -0.15) is 5.10 Å². The molecule has 2 heterocycles. The number of H-pyrrole nitrogens is 1. The zero-order chi connectivity index (χ0) is 17.1. The van der Waals surface area contributed by atoms with Gasteiger partial charge in [0.2, 0.25) is 5.91 Å². The minimum atomic E-state index is -0.326. The quantitative estimate of drug-likeness (QED) is 0.874. The topological polar surface area (TPSA) is 71.1 Å². The molecule has 1 aromatic heterocycles. The largest absolute Gasteiger partial charge is 0.380 e. The number of hydrogen-bond acceptors (Lipinski definition) is 4. The van der Waals surface area contributed by atoms with Crippen molar-refractivity contribution in [3.63, 3.8) is 0 Å². The number of methoxy groups -OCH3 is 1. The number of aromatic amines is 1. The van der Waals surface area contributed by atoms with E-state index in [9.17, 15) is 9.18 Å². The number of ether oxygens (including phenoxy) is 1. The Morgan fingerprint density at radius 3 is 3.00 bits per heavy atom. The summed E-state index contributed by atoms with van der Waals surface area (Å²) in [5.41, 5.74) is 1.39. The lowest BCUT2D eigenvalue weighted by atomic mass is 10.1. The van der Waals surface area contributed by atoms with Crippen LogP contribution in [-0.2, 0) is 9.53 Å².